The van der Waals surface area contributed by atoms with Crippen molar-refractivity contribution in [3.05, 3.63) is 65.7 Å². The highest BCUT2D eigenvalue weighted by Crippen LogP contribution is 2.27. The molecule has 2 aromatic carbocycles. The van der Waals surface area contributed by atoms with Crippen molar-refractivity contribution >= 4 is 11.8 Å². The summed E-state index contributed by atoms with van der Waals surface area (Å²) in [4.78, 5) is 18.7. The largest absolute Gasteiger partial charge is 0.439 e. The lowest BCUT2D eigenvalue weighted by Crippen LogP contribution is -2.44. The van der Waals surface area contributed by atoms with E-state index in [1.54, 1.807) is 4.90 Å². The van der Waals surface area contributed by atoms with Crippen LogP contribution in [0, 0.1) is 0 Å². The van der Waals surface area contributed by atoms with Crippen LogP contribution in [0.1, 0.15) is 17.2 Å². The summed E-state index contributed by atoms with van der Waals surface area (Å²) in [5, 5.41) is 0. The first-order valence-corrected chi connectivity index (χ1v) is 9.22. The van der Waals surface area contributed by atoms with E-state index >= 15 is 0 Å². The van der Waals surface area contributed by atoms with E-state index in [0.29, 0.717) is 13.1 Å². The van der Waals surface area contributed by atoms with Crippen LogP contribution in [0.3, 0.4) is 0 Å². The molecule has 0 radical (unpaired) electrons. The van der Waals surface area contributed by atoms with Gasteiger partial charge in [0.1, 0.15) is 6.10 Å². The maximum atomic E-state index is 12.2. The third kappa shape index (κ3) is 3.68. The van der Waals surface area contributed by atoms with Crippen molar-refractivity contribution in [1.82, 2.24) is 9.80 Å². The summed E-state index contributed by atoms with van der Waals surface area (Å²) in [6.07, 6.45) is -0.407. The summed E-state index contributed by atoms with van der Waals surface area (Å²) >= 11 is 0. The number of ether oxygens (including phenoxy) is 1. The predicted octanol–water partition coefficient (Wildman–Crippen LogP) is 3.13. The van der Waals surface area contributed by atoms with E-state index in [-0.39, 0.29) is 12.2 Å². The Bertz CT molecular complexity index is 740. The summed E-state index contributed by atoms with van der Waals surface area (Å²) in [6.45, 7) is 5.51. The second kappa shape index (κ2) is 7.38. The van der Waals surface area contributed by atoms with Crippen molar-refractivity contribution in [3.8, 4) is 0 Å². The highest BCUT2D eigenvalue weighted by Gasteiger charge is 2.32. The minimum atomic E-state index is -0.234. The van der Waals surface area contributed by atoms with Crippen LogP contribution in [0.25, 0.3) is 0 Å². The fourth-order valence-electron chi connectivity index (χ4n) is 3.58. The van der Waals surface area contributed by atoms with Crippen LogP contribution >= 0.6 is 0 Å². The molecule has 0 N–H and O–H groups in total. The Balaban J connectivity index is 1.37. The number of rotatable bonds is 4. The number of likely N-dealkylation sites (N-methyl/N-ethyl adjacent to an activating group) is 1. The summed E-state index contributed by atoms with van der Waals surface area (Å²) in [6, 6.07) is 18.5. The number of anilines is 1. The monoisotopic (exact) mass is 351 g/mol. The predicted molar refractivity (Wildman–Crippen MR) is 102 cm³/mol. The number of hydrogen-bond acceptors (Lipinski definition) is 4. The van der Waals surface area contributed by atoms with Crippen LogP contribution in [0.2, 0.25) is 0 Å². The molecule has 26 heavy (non-hydrogen) atoms. The van der Waals surface area contributed by atoms with Gasteiger partial charge in [-0.2, -0.15) is 0 Å². The highest BCUT2D eigenvalue weighted by molar-refractivity contribution is 5.70. The van der Waals surface area contributed by atoms with Gasteiger partial charge in [-0.1, -0.05) is 42.5 Å². The topological polar surface area (TPSA) is 36.0 Å². The number of piperazine rings is 1. The van der Waals surface area contributed by atoms with E-state index < -0.39 is 0 Å². The lowest BCUT2D eigenvalue weighted by atomic mass is 10.1. The summed E-state index contributed by atoms with van der Waals surface area (Å²) in [5.41, 5.74) is 3.44. The Morgan fingerprint density at radius 1 is 0.962 bits per heavy atom. The van der Waals surface area contributed by atoms with E-state index in [9.17, 15) is 4.79 Å². The van der Waals surface area contributed by atoms with Gasteiger partial charge in [-0.15, -0.1) is 0 Å². The number of amides is 1. The number of benzene rings is 2. The van der Waals surface area contributed by atoms with Crippen LogP contribution in [0.4, 0.5) is 10.5 Å². The number of hydrogen-bond donors (Lipinski definition) is 0. The van der Waals surface area contributed by atoms with Crippen molar-refractivity contribution < 1.29 is 9.53 Å². The van der Waals surface area contributed by atoms with Gasteiger partial charge in [-0.25, -0.2) is 4.79 Å². The highest BCUT2D eigenvalue weighted by atomic mass is 16.6. The normalized spacial score (nSPS) is 21.1. The van der Waals surface area contributed by atoms with Crippen LogP contribution in [0.15, 0.2) is 54.6 Å². The maximum Gasteiger partial charge on any atom is 0.410 e. The first-order valence-electron chi connectivity index (χ1n) is 9.22. The van der Waals surface area contributed by atoms with Gasteiger partial charge >= 0.3 is 6.09 Å². The molecule has 2 fully saturated rings. The zero-order valence-electron chi connectivity index (χ0n) is 15.2. The van der Waals surface area contributed by atoms with Gasteiger partial charge in [-0.05, 0) is 30.3 Å². The Morgan fingerprint density at radius 3 is 2.35 bits per heavy atom. The molecule has 0 bridgehead atoms. The number of nitrogens with zero attached hydrogens (tertiary/aromatic N) is 3. The first-order chi connectivity index (χ1) is 12.7. The van der Waals surface area contributed by atoms with Gasteiger partial charge in [-0.3, -0.25) is 4.90 Å². The average molecular weight is 351 g/mol. The van der Waals surface area contributed by atoms with E-state index in [1.165, 1.54) is 5.69 Å². The van der Waals surface area contributed by atoms with Gasteiger partial charge in [0.15, 0.2) is 0 Å². The van der Waals surface area contributed by atoms with Crippen LogP contribution in [-0.4, -0.2) is 55.7 Å². The molecule has 4 rings (SSSR count). The second-order valence-corrected chi connectivity index (χ2v) is 7.12. The van der Waals surface area contributed by atoms with E-state index in [0.717, 1.165) is 37.3 Å². The SMILES string of the molecule is CN1CCN(c2ccc(CN3C[C@@H](c4ccccc4)OC3=O)cc2)CC1. The van der Waals surface area contributed by atoms with Crippen LogP contribution < -0.4 is 4.90 Å². The van der Waals surface area contributed by atoms with Gasteiger partial charge in [0.2, 0.25) is 0 Å². The molecule has 136 valence electrons. The summed E-state index contributed by atoms with van der Waals surface area (Å²) in [5.74, 6) is 0. The van der Waals surface area contributed by atoms with Crippen molar-refractivity contribution in [2.24, 2.45) is 0 Å². The fraction of sp³-hybridized carbons (Fsp3) is 0.381. The molecule has 2 heterocycles. The third-order valence-corrected chi connectivity index (χ3v) is 5.24. The molecule has 1 amide bonds. The minimum absolute atomic E-state index is 0.173. The molecule has 2 aliphatic heterocycles. The Kier molecular flexibility index (Phi) is 4.80. The number of carbonyl (C=O) groups is 1. The van der Waals surface area contributed by atoms with Gasteiger partial charge < -0.3 is 14.5 Å². The molecule has 0 aliphatic carbocycles. The minimum Gasteiger partial charge on any atom is -0.439 e. The molecule has 5 nitrogen and oxygen atoms in total. The van der Waals surface area contributed by atoms with Crippen molar-refractivity contribution in [3.63, 3.8) is 0 Å². The van der Waals surface area contributed by atoms with Crippen LogP contribution in [-0.2, 0) is 11.3 Å². The molecular weight excluding hydrogens is 326 g/mol. The Hall–Kier alpha value is -2.53. The van der Waals surface area contributed by atoms with Crippen molar-refractivity contribution in [2.45, 2.75) is 12.6 Å². The molecule has 0 spiro atoms. The molecule has 5 heteroatoms. The molecule has 2 saturated heterocycles. The van der Waals surface area contributed by atoms with E-state index in [1.807, 2.05) is 30.3 Å². The Morgan fingerprint density at radius 2 is 1.65 bits per heavy atom. The lowest BCUT2D eigenvalue weighted by Gasteiger charge is -2.34. The fourth-order valence-corrected chi connectivity index (χ4v) is 3.58. The standard InChI is InChI=1S/C21H25N3O2/c1-22-11-13-23(14-12-22)19-9-7-17(8-10-19)15-24-16-20(26-21(24)25)18-5-3-2-4-6-18/h2-10,20H,11-16H2,1H3/t20-/m0/s1. The molecule has 1 atom stereocenters. The quantitative estimate of drug-likeness (QED) is 0.848. The second-order valence-electron chi connectivity index (χ2n) is 7.12. The number of cyclic esters (lactones) is 1. The molecule has 2 aromatic rings. The maximum absolute atomic E-state index is 12.2. The van der Waals surface area contributed by atoms with Gasteiger partial charge in [0.25, 0.3) is 0 Å². The van der Waals surface area contributed by atoms with Crippen LogP contribution in [0.5, 0.6) is 0 Å². The van der Waals surface area contributed by atoms with Crippen molar-refractivity contribution in [2.75, 3.05) is 44.7 Å². The number of carbonyl (C=O) groups excluding carboxylic acids is 1. The molecule has 0 unspecified atom stereocenters. The zero-order valence-corrected chi connectivity index (χ0v) is 15.2. The summed E-state index contributed by atoms with van der Waals surface area (Å²) in [7, 11) is 2.16. The van der Waals surface area contributed by atoms with E-state index in [2.05, 4.69) is 41.1 Å². The molecule has 0 saturated carbocycles. The van der Waals surface area contributed by atoms with E-state index in [4.69, 9.17) is 4.74 Å². The molecule has 0 aromatic heterocycles. The van der Waals surface area contributed by atoms with Crippen molar-refractivity contribution in [1.29, 1.82) is 0 Å². The lowest BCUT2D eigenvalue weighted by molar-refractivity contribution is 0.132. The smallest absolute Gasteiger partial charge is 0.410 e. The molecular formula is C21H25N3O2. The third-order valence-electron chi connectivity index (χ3n) is 5.24. The van der Waals surface area contributed by atoms with Gasteiger partial charge in [0.05, 0.1) is 6.54 Å². The average Bonchev–Trinajstić information content (AvgIpc) is 3.04. The van der Waals surface area contributed by atoms with Gasteiger partial charge in [0, 0.05) is 38.4 Å². The summed E-state index contributed by atoms with van der Waals surface area (Å²) < 4.78 is 5.54. The first kappa shape index (κ1) is 16.9. The molecule has 2 aliphatic rings. The zero-order chi connectivity index (χ0) is 17.9. The Labute approximate surface area is 154 Å².